The molecule has 230 valence electrons. The summed E-state index contributed by atoms with van der Waals surface area (Å²) in [5, 5.41) is 13.5. The number of halogens is 2. The Morgan fingerprint density at radius 1 is 0.889 bits per heavy atom. The number of fused-ring (bicyclic) bond motifs is 4. The number of hydrogen-bond donors (Lipinski definition) is 2. The van der Waals surface area contributed by atoms with E-state index >= 15 is 0 Å². The number of carbonyl (C=O) groups is 4. The molecule has 0 aromatic heterocycles. The first-order valence-corrected chi connectivity index (χ1v) is 15.3. The summed E-state index contributed by atoms with van der Waals surface area (Å²) in [5.74, 6) is -5.02. The fourth-order valence-electron chi connectivity index (χ4n) is 7.66. The number of benzene rings is 3. The second-order valence-corrected chi connectivity index (χ2v) is 13.2. The molecule has 1 saturated carbocycles. The number of aromatic hydroxyl groups is 1. The average Bonchev–Trinajstić information content (AvgIpc) is 3.37. The molecule has 0 radical (unpaired) electrons. The highest BCUT2D eigenvalue weighted by Gasteiger charge is 2.76. The molecule has 2 aliphatic carbocycles. The Kier molecular flexibility index (Phi) is 6.76. The van der Waals surface area contributed by atoms with E-state index in [0.717, 1.165) is 16.3 Å². The number of carbonyl (C=O) groups excluding carboxylic acids is 4. The highest BCUT2D eigenvalue weighted by molar-refractivity contribution is 6.53. The van der Waals surface area contributed by atoms with Crippen LogP contribution in [0.1, 0.15) is 24.3 Å². The summed E-state index contributed by atoms with van der Waals surface area (Å²) in [5.41, 5.74) is 3.21. The van der Waals surface area contributed by atoms with E-state index in [1.807, 2.05) is 36.4 Å². The summed E-state index contributed by atoms with van der Waals surface area (Å²) < 4.78 is 5.59. The molecule has 6 unspecified atom stereocenters. The number of hydrogen-bond acceptors (Lipinski definition) is 7. The molecule has 4 aliphatic rings. The number of phenols is 1. The minimum Gasteiger partial charge on any atom is -0.508 e. The molecule has 4 amide bonds. The van der Waals surface area contributed by atoms with Crippen molar-refractivity contribution in [2.24, 2.45) is 17.8 Å². The lowest BCUT2D eigenvalue weighted by Crippen LogP contribution is -2.60. The lowest BCUT2D eigenvalue weighted by Gasteiger charge is -2.51. The van der Waals surface area contributed by atoms with Crippen molar-refractivity contribution in [3.8, 4) is 11.5 Å². The number of amides is 4. The van der Waals surface area contributed by atoms with E-state index in [2.05, 4.69) is 5.32 Å². The van der Waals surface area contributed by atoms with Gasteiger partial charge in [-0.2, -0.15) is 0 Å². The third-order valence-electron chi connectivity index (χ3n) is 9.73. The third-order valence-corrected chi connectivity index (χ3v) is 11.1. The van der Waals surface area contributed by atoms with Crippen molar-refractivity contribution < 1.29 is 29.0 Å². The Hall–Kier alpha value is -4.34. The van der Waals surface area contributed by atoms with E-state index in [0.29, 0.717) is 16.8 Å². The minimum atomic E-state index is -1.94. The smallest absolute Gasteiger partial charge is 0.253 e. The van der Waals surface area contributed by atoms with Crippen LogP contribution in [-0.2, 0) is 19.2 Å². The number of nitrogens with zero attached hydrogens (tertiary/aromatic N) is 2. The van der Waals surface area contributed by atoms with E-state index in [1.54, 1.807) is 30.3 Å². The second kappa shape index (κ2) is 10.4. The molecule has 45 heavy (non-hydrogen) atoms. The fraction of sp³-hybridized carbons (Fsp3) is 0.294. The normalized spacial score (nSPS) is 30.5. The third kappa shape index (κ3) is 4.06. The van der Waals surface area contributed by atoms with E-state index in [4.69, 9.17) is 27.9 Å². The van der Waals surface area contributed by atoms with Crippen LogP contribution < -0.4 is 15.0 Å². The van der Waals surface area contributed by atoms with Gasteiger partial charge in [0.2, 0.25) is 11.8 Å². The van der Waals surface area contributed by atoms with Crippen molar-refractivity contribution in [1.82, 2.24) is 4.90 Å². The number of imide groups is 2. The highest BCUT2D eigenvalue weighted by Crippen LogP contribution is 2.66. The SMILES string of the molecule is COc1cc(O)ccc1C1C2=CCC3C(=O)N(c4ccc(Nc5ccccc5)cc4)C(=O)C3C2CC2(Cl)C(=O)N(C)C(=O)C12Cl. The summed E-state index contributed by atoms with van der Waals surface area (Å²) in [6.45, 7) is 0. The van der Waals surface area contributed by atoms with Crippen LogP contribution in [0.3, 0.4) is 0 Å². The number of allylic oxidation sites excluding steroid dienone is 2. The number of phenolic OH excluding ortho intramolecular Hbond substituents is 1. The van der Waals surface area contributed by atoms with Crippen molar-refractivity contribution in [3.05, 3.63) is 90.0 Å². The molecular weight excluding hydrogens is 617 g/mol. The van der Waals surface area contributed by atoms with E-state index < -0.39 is 51.1 Å². The summed E-state index contributed by atoms with van der Waals surface area (Å²) in [4.78, 5) is 53.8. The molecule has 11 heteroatoms. The van der Waals surface area contributed by atoms with Gasteiger partial charge < -0.3 is 15.2 Å². The van der Waals surface area contributed by atoms with Gasteiger partial charge in [-0.05, 0) is 61.2 Å². The van der Waals surface area contributed by atoms with Crippen LogP contribution in [0.5, 0.6) is 11.5 Å². The number of likely N-dealkylation sites (tertiary alicyclic amines) is 1. The number of alkyl halides is 2. The van der Waals surface area contributed by atoms with Gasteiger partial charge in [0, 0.05) is 36.0 Å². The van der Waals surface area contributed by atoms with Crippen LogP contribution in [-0.4, -0.2) is 57.5 Å². The summed E-state index contributed by atoms with van der Waals surface area (Å²) in [6, 6.07) is 21.1. The largest absolute Gasteiger partial charge is 0.508 e. The van der Waals surface area contributed by atoms with Gasteiger partial charge in [-0.25, -0.2) is 0 Å². The van der Waals surface area contributed by atoms with Gasteiger partial charge in [0.05, 0.1) is 24.6 Å². The Morgan fingerprint density at radius 3 is 2.27 bits per heavy atom. The zero-order valence-electron chi connectivity index (χ0n) is 24.4. The maximum absolute atomic E-state index is 14.2. The van der Waals surface area contributed by atoms with Crippen molar-refractivity contribution in [3.63, 3.8) is 0 Å². The van der Waals surface area contributed by atoms with Crippen molar-refractivity contribution >= 4 is 63.9 Å². The monoisotopic (exact) mass is 645 g/mol. The number of rotatable bonds is 5. The topological polar surface area (TPSA) is 116 Å². The quantitative estimate of drug-likeness (QED) is 0.219. The first kappa shape index (κ1) is 29.4. The Balaban J connectivity index is 1.29. The Labute approximate surface area is 269 Å². The van der Waals surface area contributed by atoms with Gasteiger partial charge in [-0.3, -0.25) is 29.0 Å². The summed E-state index contributed by atoms with van der Waals surface area (Å²) in [7, 11) is 2.76. The standard InChI is InChI=1S/C34H29Cl2N3O6/c1-38-31(43)33(35)17-25-22(28(34(33,36)32(38)44)23-13-12-21(40)16-26(23)45-2)14-15-24-27(25)30(42)39(29(24)41)20-10-8-19(9-11-20)37-18-6-4-3-5-7-18/h3-14,16,24-25,27-28,37,40H,15,17H2,1-2H3. The first-order valence-electron chi connectivity index (χ1n) is 14.6. The molecular formula is C34H29Cl2N3O6. The molecule has 0 bridgehead atoms. The Morgan fingerprint density at radius 2 is 1.58 bits per heavy atom. The predicted molar refractivity (Wildman–Crippen MR) is 169 cm³/mol. The maximum Gasteiger partial charge on any atom is 0.253 e. The minimum absolute atomic E-state index is 0.0652. The molecule has 7 rings (SSSR count). The molecule has 9 nitrogen and oxygen atoms in total. The Bertz CT molecular complexity index is 1800. The van der Waals surface area contributed by atoms with Crippen LogP contribution in [0, 0.1) is 17.8 Å². The molecule has 2 aliphatic heterocycles. The molecule has 0 spiro atoms. The molecule has 3 fully saturated rings. The molecule has 2 N–H and O–H groups in total. The first-order chi connectivity index (χ1) is 21.5. The van der Waals surface area contributed by atoms with Gasteiger partial charge in [-0.15, -0.1) is 23.2 Å². The van der Waals surface area contributed by atoms with E-state index in [1.165, 1.54) is 31.2 Å². The van der Waals surface area contributed by atoms with Crippen LogP contribution in [0.4, 0.5) is 17.1 Å². The van der Waals surface area contributed by atoms with Gasteiger partial charge in [0.1, 0.15) is 11.5 Å². The van der Waals surface area contributed by atoms with Crippen molar-refractivity contribution in [2.75, 3.05) is 24.4 Å². The molecule has 2 saturated heterocycles. The molecule has 6 atom stereocenters. The zero-order valence-corrected chi connectivity index (χ0v) is 25.9. The van der Waals surface area contributed by atoms with Crippen molar-refractivity contribution in [1.29, 1.82) is 0 Å². The van der Waals surface area contributed by atoms with Crippen LogP contribution >= 0.6 is 23.2 Å². The number of para-hydroxylation sites is 1. The molecule has 2 heterocycles. The zero-order chi connectivity index (χ0) is 31.8. The lowest BCUT2D eigenvalue weighted by atomic mass is 9.56. The van der Waals surface area contributed by atoms with Crippen LogP contribution in [0.2, 0.25) is 0 Å². The van der Waals surface area contributed by atoms with Crippen LogP contribution in [0.15, 0.2) is 84.4 Å². The van der Waals surface area contributed by atoms with Crippen molar-refractivity contribution in [2.45, 2.75) is 28.5 Å². The van der Waals surface area contributed by atoms with Gasteiger partial charge in [-0.1, -0.05) is 35.9 Å². The van der Waals surface area contributed by atoms with Crippen LogP contribution in [0.25, 0.3) is 0 Å². The number of anilines is 3. The second-order valence-electron chi connectivity index (χ2n) is 12.0. The molecule has 3 aromatic rings. The number of ether oxygens (including phenoxy) is 1. The lowest BCUT2D eigenvalue weighted by molar-refractivity contribution is -0.138. The van der Waals surface area contributed by atoms with Gasteiger partial charge in [0.25, 0.3) is 11.8 Å². The maximum atomic E-state index is 14.2. The van der Waals surface area contributed by atoms with E-state index in [9.17, 15) is 24.3 Å². The average molecular weight is 647 g/mol. The fourth-order valence-corrected chi connectivity index (χ4v) is 8.68. The predicted octanol–water partition coefficient (Wildman–Crippen LogP) is 5.34. The van der Waals surface area contributed by atoms with E-state index in [-0.39, 0.29) is 30.2 Å². The van der Waals surface area contributed by atoms with Gasteiger partial charge >= 0.3 is 0 Å². The summed E-state index contributed by atoms with van der Waals surface area (Å²) in [6.07, 6.45) is 1.99. The highest BCUT2D eigenvalue weighted by atomic mass is 35.5. The number of nitrogens with one attached hydrogen (secondary N) is 1. The number of methoxy groups -OCH3 is 1. The summed E-state index contributed by atoms with van der Waals surface area (Å²) >= 11 is 14.5. The van der Waals surface area contributed by atoms with Gasteiger partial charge in [0.15, 0.2) is 9.75 Å². The molecule has 3 aromatic carbocycles.